The number of nitrogens with zero attached hydrogens (tertiary/aromatic N) is 3. The van der Waals surface area contributed by atoms with E-state index in [1.807, 2.05) is 24.3 Å². The number of nitro benzene ring substituents is 1. The van der Waals surface area contributed by atoms with Crippen LogP contribution in [0.5, 0.6) is 0 Å². The normalized spacial score (nSPS) is 15.8. The summed E-state index contributed by atoms with van der Waals surface area (Å²) in [5.41, 5.74) is 2.04. The van der Waals surface area contributed by atoms with Crippen LogP contribution in [0.3, 0.4) is 0 Å². The van der Waals surface area contributed by atoms with Crippen molar-refractivity contribution in [2.45, 2.75) is 0 Å². The van der Waals surface area contributed by atoms with Crippen molar-refractivity contribution >= 4 is 17.5 Å². The smallest absolute Gasteiger partial charge is 0.276 e. The number of hydrogen-bond donors (Lipinski definition) is 0. The summed E-state index contributed by atoms with van der Waals surface area (Å²) in [6.45, 7) is 5.03. The van der Waals surface area contributed by atoms with Gasteiger partial charge in [-0.1, -0.05) is 48.6 Å². The summed E-state index contributed by atoms with van der Waals surface area (Å²) in [4.78, 5) is 15.5. The van der Waals surface area contributed by atoms with Crippen LogP contribution in [0.4, 0.5) is 11.4 Å². The summed E-state index contributed by atoms with van der Waals surface area (Å²) in [7, 11) is 0. The monoisotopic (exact) mass is 349 g/mol. The highest BCUT2D eigenvalue weighted by Crippen LogP contribution is 2.19. The van der Waals surface area contributed by atoms with Crippen molar-refractivity contribution < 1.29 is 4.92 Å². The van der Waals surface area contributed by atoms with Gasteiger partial charge in [0.15, 0.2) is 0 Å². The second-order valence-corrected chi connectivity index (χ2v) is 6.23. The molecule has 0 bridgehead atoms. The molecule has 2 aromatic carbocycles. The van der Waals surface area contributed by atoms with E-state index in [1.54, 1.807) is 18.2 Å². The average molecular weight is 349 g/mol. The quantitative estimate of drug-likeness (QED) is 0.449. The fourth-order valence-electron chi connectivity index (χ4n) is 3.07. The third kappa shape index (κ3) is 4.80. The number of anilines is 1. The molecular weight excluding hydrogens is 326 g/mol. The van der Waals surface area contributed by atoms with Crippen LogP contribution in [-0.4, -0.2) is 42.5 Å². The van der Waals surface area contributed by atoms with E-state index in [4.69, 9.17) is 0 Å². The Morgan fingerprint density at radius 3 is 2.35 bits per heavy atom. The molecule has 0 unspecified atom stereocenters. The molecule has 1 fully saturated rings. The van der Waals surface area contributed by atoms with Gasteiger partial charge in [0.2, 0.25) is 0 Å². The van der Waals surface area contributed by atoms with Gasteiger partial charge in [-0.15, -0.1) is 0 Å². The average Bonchev–Trinajstić information content (AvgIpc) is 2.69. The molecule has 1 aliphatic heterocycles. The zero-order valence-electron chi connectivity index (χ0n) is 14.7. The predicted molar refractivity (Wildman–Crippen MR) is 106 cm³/mol. The Hall–Kier alpha value is -2.92. The lowest BCUT2D eigenvalue weighted by Crippen LogP contribution is -2.46. The van der Waals surface area contributed by atoms with Gasteiger partial charge in [-0.25, -0.2) is 0 Å². The van der Waals surface area contributed by atoms with Crippen LogP contribution >= 0.6 is 0 Å². The third-order valence-corrected chi connectivity index (χ3v) is 4.51. The molecule has 5 nitrogen and oxygen atoms in total. The van der Waals surface area contributed by atoms with E-state index in [2.05, 4.69) is 40.1 Å². The van der Waals surface area contributed by atoms with Gasteiger partial charge < -0.3 is 4.90 Å². The van der Waals surface area contributed by atoms with Gasteiger partial charge in [0, 0.05) is 44.5 Å². The van der Waals surface area contributed by atoms with Crippen LogP contribution in [0.1, 0.15) is 5.56 Å². The van der Waals surface area contributed by atoms with Crippen molar-refractivity contribution in [2.24, 2.45) is 0 Å². The van der Waals surface area contributed by atoms with E-state index in [-0.39, 0.29) is 10.6 Å². The molecule has 0 N–H and O–H groups in total. The van der Waals surface area contributed by atoms with Gasteiger partial charge in [0.05, 0.1) is 10.5 Å². The molecule has 134 valence electrons. The van der Waals surface area contributed by atoms with Crippen molar-refractivity contribution in [1.29, 1.82) is 0 Å². The minimum Gasteiger partial charge on any atom is -0.369 e. The highest BCUT2D eigenvalue weighted by atomic mass is 16.6. The van der Waals surface area contributed by atoms with E-state index >= 15 is 0 Å². The second-order valence-electron chi connectivity index (χ2n) is 6.23. The number of rotatable bonds is 6. The molecular formula is C21H23N3O2. The molecule has 0 amide bonds. The van der Waals surface area contributed by atoms with E-state index < -0.39 is 0 Å². The molecule has 1 heterocycles. The third-order valence-electron chi connectivity index (χ3n) is 4.51. The number of para-hydroxylation sites is 2. The zero-order valence-corrected chi connectivity index (χ0v) is 14.7. The highest BCUT2D eigenvalue weighted by molar-refractivity contribution is 5.61. The molecule has 0 spiro atoms. The Morgan fingerprint density at radius 1 is 0.923 bits per heavy atom. The van der Waals surface area contributed by atoms with Crippen molar-refractivity contribution in [2.75, 3.05) is 37.6 Å². The Bertz CT molecular complexity index is 779. The molecule has 2 aromatic rings. The number of benzene rings is 2. The summed E-state index contributed by atoms with van der Waals surface area (Å²) < 4.78 is 0. The predicted octanol–water partition coefficient (Wildman–Crippen LogP) is 3.99. The summed E-state index contributed by atoms with van der Waals surface area (Å²) in [5.74, 6) is 0. The lowest BCUT2D eigenvalue weighted by atomic mass is 10.1. The van der Waals surface area contributed by atoms with E-state index in [0.717, 1.165) is 32.7 Å². The highest BCUT2D eigenvalue weighted by Gasteiger charge is 2.15. The SMILES string of the molecule is O=[N+]([O-])c1ccccc1C=CC=CCN1CCN(c2ccccc2)CC1. The fraction of sp³-hybridized carbons (Fsp3) is 0.238. The first-order valence-corrected chi connectivity index (χ1v) is 8.83. The summed E-state index contributed by atoms with van der Waals surface area (Å²) >= 11 is 0. The van der Waals surface area contributed by atoms with Gasteiger partial charge in [-0.3, -0.25) is 15.0 Å². The fourth-order valence-corrected chi connectivity index (χ4v) is 3.07. The molecule has 1 aliphatic rings. The van der Waals surface area contributed by atoms with Crippen LogP contribution in [0, 0.1) is 10.1 Å². The lowest BCUT2D eigenvalue weighted by Gasteiger charge is -2.35. The Balaban J connectivity index is 1.46. The van der Waals surface area contributed by atoms with Crippen molar-refractivity contribution in [3.05, 3.63) is 88.5 Å². The molecule has 3 rings (SSSR count). The maximum Gasteiger partial charge on any atom is 0.276 e. The van der Waals surface area contributed by atoms with Crippen LogP contribution in [-0.2, 0) is 0 Å². The van der Waals surface area contributed by atoms with Gasteiger partial charge in [-0.05, 0) is 24.3 Å². The molecule has 26 heavy (non-hydrogen) atoms. The Morgan fingerprint density at radius 2 is 1.62 bits per heavy atom. The lowest BCUT2D eigenvalue weighted by molar-refractivity contribution is -0.385. The van der Waals surface area contributed by atoms with Gasteiger partial charge in [0.1, 0.15) is 0 Å². The number of hydrogen-bond acceptors (Lipinski definition) is 4. The molecule has 0 saturated carbocycles. The molecule has 5 heteroatoms. The zero-order chi connectivity index (χ0) is 18.2. The minimum absolute atomic E-state index is 0.134. The van der Waals surface area contributed by atoms with Crippen LogP contribution in [0.25, 0.3) is 6.08 Å². The second kappa shape index (κ2) is 8.97. The van der Waals surface area contributed by atoms with E-state index in [0.29, 0.717) is 5.56 Å². The molecule has 0 radical (unpaired) electrons. The van der Waals surface area contributed by atoms with Crippen LogP contribution in [0.15, 0.2) is 72.8 Å². The first kappa shape index (κ1) is 17.9. The number of piperazine rings is 1. The Labute approximate surface area is 154 Å². The maximum absolute atomic E-state index is 11.0. The Kier molecular flexibility index (Phi) is 6.17. The standard InChI is InChI=1S/C21H23N3O2/c25-24(26)21-13-7-6-10-19(21)9-3-2-8-14-22-15-17-23(18-16-22)20-11-4-1-5-12-20/h1-13H,14-18H2. The molecule has 1 saturated heterocycles. The van der Waals surface area contributed by atoms with Crippen molar-refractivity contribution in [3.8, 4) is 0 Å². The largest absolute Gasteiger partial charge is 0.369 e. The van der Waals surface area contributed by atoms with Gasteiger partial charge in [-0.2, -0.15) is 0 Å². The number of nitro groups is 1. The van der Waals surface area contributed by atoms with Crippen molar-refractivity contribution in [3.63, 3.8) is 0 Å². The maximum atomic E-state index is 11.0. The first-order valence-electron chi connectivity index (χ1n) is 8.83. The molecule has 0 atom stereocenters. The summed E-state index contributed by atoms with van der Waals surface area (Å²) in [5, 5.41) is 11.0. The first-order chi connectivity index (χ1) is 12.7. The van der Waals surface area contributed by atoms with Gasteiger partial charge in [0.25, 0.3) is 5.69 Å². The van der Waals surface area contributed by atoms with E-state index in [9.17, 15) is 10.1 Å². The summed E-state index contributed by atoms with van der Waals surface area (Å²) in [6.07, 6.45) is 7.70. The molecule has 0 aliphatic carbocycles. The van der Waals surface area contributed by atoms with Crippen molar-refractivity contribution in [1.82, 2.24) is 4.90 Å². The van der Waals surface area contributed by atoms with Crippen LogP contribution in [0.2, 0.25) is 0 Å². The van der Waals surface area contributed by atoms with Crippen LogP contribution < -0.4 is 4.90 Å². The van der Waals surface area contributed by atoms with Gasteiger partial charge >= 0.3 is 0 Å². The topological polar surface area (TPSA) is 49.6 Å². The molecule has 0 aromatic heterocycles. The summed E-state index contributed by atoms with van der Waals surface area (Å²) in [6, 6.07) is 17.3. The minimum atomic E-state index is -0.352. The van der Waals surface area contributed by atoms with E-state index in [1.165, 1.54) is 11.8 Å². The number of allylic oxidation sites excluding steroid dienone is 2.